The van der Waals surface area contributed by atoms with Crippen molar-refractivity contribution in [2.75, 3.05) is 13.7 Å². The van der Waals surface area contributed by atoms with Gasteiger partial charge in [-0.15, -0.1) is 0 Å². The first-order chi connectivity index (χ1) is 23.3. The van der Waals surface area contributed by atoms with Crippen molar-refractivity contribution in [2.45, 2.75) is 109 Å². The average molecular weight is 683 g/mol. The molecule has 2 fully saturated rings. The first-order valence-electron chi connectivity index (χ1n) is 17.1. The van der Waals surface area contributed by atoms with Crippen LogP contribution in [0.5, 0.6) is 0 Å². The number of rotatable bonds is 15. The molecule has 0 bridgehead atoms. The van der Waals surface area contributed by atoms with Crippen LogP contribution in [0.4, 0.5) is 0 Å². The molecule has 1 saturated carbocycles. The van der Waals surface area contributed by atoms with E-state index in [0.717, 1.165) is 35.0 Å². The van der Waals surface area contributed by atoms with Crippen LogP contribution in [0.25, 0.3) is 10.9 Å². The summed E-state index contributed by atoms with van der Waals surface area (Å²) < 4.78 is 4.81. The number of carboxylic acid groups (broad SMARTS) is 1. The van der Waals surface area contributed by atoms with Gasteiger partial charge in [0.2, 0.25) is 23.6 Å². The second-order valence-corrected chi connectivity index (χ2v) is 13.7. The van der Waals surface area contributed by atoms with Crippen molar-refractivity contribution >= 4 is 46.5 Å². The largest absolute Gasteiger partial charge is 0.480 e. The molecule has 2 heterocycles. The number of aryl methyl sites for hydroxylation is 1. The third-order valence-corrected chi connectivity index (χ3v) is 9.61. The summed E-state index contributed by atoms with van der Waals surface area (Å²) in [4.78, 5) is 83.4. The van der Waals surface area contributed by atoms with Crippen LogP contribution in [0.2, 0.25) is 0 Å². The van der Waals surface area contributed by atoms with Crippen LogP contribution in [0.15, 0.2) is 24.3 Å². The molecular weight excluding hydrogens is 632 g/mol. The van der Waals surface area contributed by atoms with Gasteiger partial charge in [-0.25, -0.2) is 4.79 Å². The molecular formula is C35H50N6O8. The fourth-order valence-corrected chi connectivity index (χ4v) is 7.03. The second-order valence-electron chi connectivity index (χ2n) is 13.7. The molecule has 0 radical (unpaired) electrons. The van der Waals surface area contributed by atoms with E-state index >= 15 is 0 Å². The first kappa shape index (κ1) is 37.4. The van der Waals surface area contributed by atoms with E-state index < -0.39 is 72.2 Å². The van der Waals surface area contributed by atoms with Gasteiger partial charge in [0.15, 0.2) is 0 Å². The van der Waals surface area contributed by atoms with Crippen LogP contribution in [0, 0.1) is 18.8 Å². The van der Waals surface area contributed by atoms with E-state index in [1.165, 1.54) is 12.0 Å². The number of hydrogen-bond donors (Lipinski definition) is 6. The summed E-state index contributed by atoms with van der Waals surface area (Å²) in [6.45, 7) is 5.80. The molecule has 2 aromatic rings. The lowest BCUT2D eigenvalue weighted by Crippen LogP contribution is -2.59. The van der Waals surface area contributed by atoms with E-state index in [-0.39, 0.29) is 31.2 Å². The van der Waals surface area contributed by atoms with Gasteiger partial charge in [-0.2, -0.15) is 0 Å². The molecule has 7 N–H and O–H groups in total. The zero-order valence-electron chi connectivity index (χ0n) is 28.8. The number of fused-ring (bicyclic) bond motifs is 1. The lowest BCUT2D eigenvalue weighted by Gasteiger charge is -2.31. The Morgan fingerprint density at radius 3 is 2.31 bits per heavy atom. The van der Waals surface area contributed by atoms with Crippen LogP contribution in [-0.2, 0) is 39.9 Å². The van der Waals surface area contributed by atoms with E-state index in [1.807, 2.05) is 45.0 Å². The van der Waals surface area contributed by atoms with Gasteiger partial charge in [0.25, 0.3) is 0 Å². The van der Waals surface area contributed by atoms with Crippen LogP contribution in [-0.4, -0.2) is 94.4 Å². The number of likely N-dealkylation sites (tertiary alicyclic amines) is 1. The number of amides is 4. The highest BCUT2D eigenvalue weighted by Gasteiger charge is 2.42. The van der Waals surface area contributed by atoms with Gasteiger partial charge in [-0.3, -0.25) is 24.0 Å². The Morgan fingerprint density at radius 2 is 1.65 bits per heavy atom. The van der Waals surface area contributed by atoms with Crippen molar-refractivity contribution in [3.8, 4) is 0 Å². The second kappa shape index (κ2) is 16.8. The number of nitrogens with zero attached hydrogens (tertiary/aromatic N) is 1. The number of methoxy groups -OCH3 is 1. The number of H-pyrrole nitrogens is 1. The van der Waals surface area contributed by atoms with Gasteiger partial charge in [0.05, 0.1) is 19.6 Å². The minimum absolute atomic E-state index is 0.0181. The highest BCUT2D eigenvalue weighted by Crippen LogP contribution is 2.29. The van der Waals surface area contributed by atoms with Crippen molar-refractivity contribution in [3.63, 3.8) is 0 Å². The molecule has 4 rings (SSSR count). The highest BCUT2D eigenvalue weighted by molar-refractivity contribution is 5.97. The van der Waals surface area contributed by atoms with Gasteiger partial charge in [-0.05, 0) is 68.9 Å². The maximum atomic E-state index is 13.9. The number of esters is 1. The van der Waals surface area contributed by atoms with E-state index in [9.17, 15) is 33.9 Å². The third-order valence-electron chi connectivity index (χ3n) is 9.61. The number of aromatic amines is 1. The Kier molecular flexibility index (Phi) is 12.8. The first-order valence-corrected chi connectivity index (χ1v) is 17.1. The number of carboxylic acids is 1. The number of carbonyl (C=O) groups is 6. The van der Waals surface area contributed by atoms with Gasteiger partial charge < -0.3 is 41.4 Å². The lowest BCUT2D eigenvalue weighted by molar-refractivity contribution is -0.147. The summed E-state index contributed by atoms with van der Waals surface area (Å²) in [6.07, 6.45) is 3.88. The fraction of sp³-hybridized carbons (Fsp3) is 0.600. The van der Waals surface area contributed by atoms with Gasteiger partial charge >= 0.3 is 11.9 Å². The zero-order valence-corrected chi connectivity index (χ0v) is 28.8. The molecule has 0 spiro atoms. The van der Waals surface area contributed by atoms with Gasteiger partial charge in [0.1, 0.15) is 24.2 Å². The molecule has 1 aliphatic carbocycles. The topological polar surface area (TPSA) is 213 Å². The van der Waals surface area contributed by atoms with Crippen molar-refractivity contribution in [3.05, 3.63) is 35.5 Å². The maximum absolute atomic E-state index is 13.9. The molecule has 1 aliphatic heterocycles. The molecule has 14 heteroatoms. The quantitative estimate of drug-likeness (QED) is 0.151. The Morgan fingerprint density at radius 1 is 0.980 bits per heavy atom. The van der Waals surface area contributed by atoms with Crippen molar-refractivity contribution in [1.82, 2.24) is 25.8 Å². The zero-order chi connectivity index (χ0) is 35.8. The predicted molar refractivity (Wildman–Crippen MR) is 181 cm³/mol. The number of carbonyl (C=O) groups excluding carboxylic acids is 5. The molecule has 268 valence electrons. The maximum Gasteiger partial charge on any atom is 0.326 e. The minimum Gasteiger partial charge on any atom is -0.480 e. The van der Waals surface area contributed by atoms with Crippen LogP contribution < -0.4 is 21.7 Å². The van der Waals surface area contributed by atoms with E-state index in [4.69, 9.17) is 10.5 Å². The van der Waals surface area contributed by atoms with E-state index in [2.05, 4.69) is 20.9 Å². The Hall–Kier alpha value is -4.46. The standard InChI is InChI=1S/C35H50N6O8/c1-19(2)16-27(35(47)48)39-33(45)30(21-10-5-6-11-21)40-32(44)28-14-9-15-41(28)34(46)26(18-29(42)49-4)38-31(43)24(36)17-23-20(3)37-25-13-8-7-12-22(23)25/h7-8,12-13,19,21,24,26-28,30,37H,5-6,9-11,14-18,36H2,1-4H3,(H,38,43)(H,39,45)(H,40,44)(H,47,48)/t24-,26-,27+,28+,30-/m1/s1. The Balaban J connectivity index is 1.48. The smallest absolute Gasteiger partial charge is 0.326 e. The van der Waals surface area contributed by atoms with Crippen molar-refractivity contribution < 1.29 is 38.6 Å². The van der Waals surface area contributed by atoms with Gasteiger partial charge in [-0.1, -0.05) is 44.9 Å². The lowest BCUT2D eigenvalue weighted by atomic mass is 9.95. The summed E-state index contributed by atoms with van der Waals surface area (Å²) in [7, 11) is 1.17. The number of aliphatic carboxylic acids is 1. The highest BCUT2D eigenvalue weighted by atomic mass is 16.5. The fourth-order valence-electron chi connectivity index (χ4n) is 7.03. The molecule has 1 aromatic carbocycles. The minimum atomic E-state index is -1.34. The molecule has 4 amide bonds. The molecule has 0 unspecified atom stereocenters. The number of aromatic nitrogens is 1. The number of benzene rings is 1. The summed E-state index contributed by atoms with van der Waals surface area (Å²) in [5, 5.41) is 18.7. The number of ether oxygens (including phenoxy) is 1. The van der Waals surface area contributed by atoms with Crippen LogP contribution >= 0.6 is 0 Å². The summed E-state index contributed by atoms with van der Waals surface area (Å²) in [5.41, 5.74) is 8.96. The Bertz CT molecular complexity index is 1530. The molecule has 14 nitrogen and oxygen atoms in total. The van der Waals surface area contributed by atoms with Gasteiger partial charge in [0, 0.05) is 23.1 Å². The summed E-state index contributed by atoms with van der Waals surface area (Å²) in [5.74, 6) is -4.45. The van der Waals surface area contributed by atoms with E-state index in [0.29, 0.717) is 25.7 Å². The van der Waals surface area contributed by atoms with E-state index in [1.54, 1.807) is 0 Å². The molecule has 5 atom stereocenters. The molecule has 2 aliphatic rings. The van der Waals surface area contributed by atoms with Crippen LogP contribution in [0.1, 0.15) is 76.5 Å². The summed E-state index contributed by atoms with van der Waals surface area (Å²) >= 11 is 0. The number of hydrogen-bond acceptors (Lipinski definition) is 8. The summed E-state index contributed by atoms with van der Waals surface area (Å²) in [6, 6.07) is 2.21. The number of nitrogens with two attached hydrogens (primary N) is 1. The third kappa shape index (κ3) is 9.37. The van der Waals surface area contributed by atoms with Crippen molar-refractivity contribution in [2.24, 2.45) is 17.6 Å². The average Bonchev–Trinajstić information content (AvgIpc) is 3.83. The predicted octanol–water partition coefficient (Wildman–Crippen LogP) is 1.68. The number of para-hydroxylation sites is 1. The molecule has 49 heavy (non-hydrogen) atoms. The monoisotopic (exact) mass is 682 g/mol. The van der Waals surface area contributed by atoms with Crippen LogP contribution in [0.3, 0.4) is 0 Å². The molecule has 1 saturated heterocycles. The number of nitrogens with one attached hydrogen (secondary N) is 4. The van der Waals surface area contributed by atoms with Crippen molar-refractivity contribution in [1.29, 1.82) is 0 Å². The Labute approximate surface area is 286 Å². The normalized spacial score (nSPS) is 18.9. The SMILES string of the molecule is COC(=O)C[C@@H](NC(=O)[C@H](N)Cc1c(C)[nH]c2ccccc12)C(=O)N1CCC[C@H]1C(=O)N[C@@H](C(=O)N[C@@H](CC(C)C)C(=O)O)C1CCCC1. The molecule has 1 aromatic heterocycles.